The Labute approximate surface area is 130 Å². The Morgan fingerprint density at radius 1 is 1.41 bits per heavy atom. The first-order valence-corrected chi connectivity index (χ1v) is 9.18. The van der Waals surface area contributed by atoms with Gasteiger partial charge in [0.25, 0.3) is 0 Å². The van der Waals surface area contributed by atoms with Crippen LogP contribution in [0.3, 0.4) is 0 Å². The lowest BCUT2D eigenvalue weighted by atomic mass is 10.1. The fourth-order valence-electron chi connectivity index (χ4n) is 3.00. The minimum absolute atomic E-state index is 0.0171. The predicted molar refractivity (Wildman–Crippen MR) is 86.4 cm³/mol. The van der Waals surface area contributed by atoms with Crippen LogP contribution in [0.4, 0.5) is 5.95 Å². The van der Waals surface area contributed by atoms with E-state index in [1.54, 1.807) is 13.2 Å². The third kappa shape index (κ3) is 2.68. The molecule has 3 heterocycles. The number of pyridine rings is 1. The van der Waals surface area contributed by atoms with Crippen molar-refractivity contribution in [3.05, 3.63) is 18.3 Å². The predicted octanol–water partition coefficient (Wildman–Crippen LogP) is 0.829. The van der Waals surface area contributed by atoms with Crippen LogP contribution in [0.25, 0.3) is 11.2 Å². The van der Waals surface area contributed by atoms with E-state index in [4.69, 9.17) is 0 Å². The van der Waals surface area contributed by atoms with Gasteiger partial charge in [-0.2, -0.15) is 0 Å². The first kappa shape index (κ1) is 15.2. The van der Waals surface area contributed by atoms with E-state index in [-0.39, 0.29) is 6.04 Å². The van der Waals surface area contributed by atoms with Gasteiger partial charge in [0, 0.05) is 39.4 Å². The van der Waals surface area contributed by atoms with Crippen molar-refractivity contribution < 1.29 is 8.42 Å². The highest BCUT2D eigenvalue weighted by Crippen LogP contribution is 2.24. The monoisotopic (exact) mass is 323 g/mol. The molecule has 22 heavy (non-hydrogen) atoms. The third-order valence-electron chi connectivity index (χ3n) is 4.32. The van der Waals surface area contributed by atoms with Crippen LogP contribution in [0, 0.1) is 0 Å². The topological polar surface area (TPSA) is 71.3 Å². The minimum Gasteiger partial charge on any atom is -0.341 e. The highest BCUT2D eigenvalue weighted by atomic mass is 32.2. The van der Waals surface area contributed by atoms with Gasteiger partial charge in [-0.05, 0) is 25.0 Å². The number of likely N-dealkylation sites (N-methyl/N-ethyl adjacent to an activating group) is 1. The summed E-state index contributed by atoms with van der Waals surface area (Å²) in [4.78, 5) is 11.2. The van der Waals surface area contributed by atoms with Crippen LogP contribution in [0.2, 0.25) is 0 Å². The molecule has 2 aromatic rings. The molecule has 1 unspecified atom stereocenters. The zero-order chi connectivity index (χ0) is 15.9. The maximum atomic E-state index is 11.8. The van der Waals surface area contributed by atoms with Gasteiger partial charge in [-0.3, -0.25) is 4.57 Å². The van der Waals surface area contributed by atoms with Gasteiger partial charge in [0.2, 0.25) is 16.0 Å². The maximum Gasteiger partial charge on any atom is 0.211 e. The van der Waals surface area contributed by atoms with Gasteiger partial charge in [0.15, 0.2) is 5.65 Å². The molecule has 0 aromatic carbocycles. The van der Waals surface area contributed by atoms with E-state index in [2.05, 4.69) is 14.9 Å². The summed E-state index contributed by atoms with van der Waals surface area (Å²) in [6.45, 7) is 1.53. The lowest BCUT2D eigenvalue weighted by Gasteiger charge is -2.36. The Balaban J connectivity index is 1.89. The Morgan fingerprint density at radius 2 is 2.18 bits per heavy atom. The highest BCUT2D eigenvalue weighted by molar-refractivity contribution is 7.88. The third-order valence-corrected chi connectivity index (χ3v) is 5.67. The molecule has 1 aliphatic heterocycles. The van der Waals surface area contributed by atoms with E-state index in [1.807, 2.05) is 23.7 Å². The first-order chi connectivity index (χ1) is 10.4. The molecule has 0 saturated carbocycles. The summed E-state index contributed by atoms with van der Waals surface area (Å²) in [7, 11) is 0.423. The zero-order valence-electron chi connectivity index (χ0n) is 13.1. The fraction of sp³-hybridized carbons (Fsp3) is 0.571. The molecule has 0 aliphatic carbocycles. The second-order valence-corrected chi connectivity index (χ2v) is 7.88. The smallest absolute Gasteiger partial charge is 0.211 e. The molecule has 1 saturated heterocycles. The summed E-state index contributed by atoms with van der Waals surface area (Å²) < 4.78 is 27.0. The second kappa shape index (κ2) is 5.51. The average molecular weight is 323 g/mol. The van der Waals surface area contributed by atoms with Crippen molar-refractivity contribution in [3.8, 4) is 0 Å². The van der Waals surface area contributed by atoms with Crippen molar-refractivity contribution in [3.63, 3.8) is 0 Å². The number of fused-ring (bicyclic) bond motifs is 1. The fourth-order valence-corrected chi connectivity index (χ4v) is 3.71. The maximum absolute atomic E-state index is 11.8. The Hall–Kier alpha value is -1.67. The van der Waals surface area contributed by atoms with Gasteiger partial charge < -0.3 is 4.90 Å². The lowest BCUT2D eigenvalue weighted by molar-refractivity contribution is 0.320. The van der Waals surface area contributed by atoms with Gasteiger partial charge >= 0.3 is 0 Å². The molecule has 0 spiro atoms. The number of piperidine rings is 1. The standard InChI is InChI=1S/C14H21N5O2S/c1-17-13-12(7-4-8-15-13)16-14(17)19-9-5-6-11(10-19)18(2)22(3,20)21/h4,7-8,11H,5-6,9-10H2,1-3H3. The van der Waals surface area contributed by atoms with Crippen LogP contribution in [0.15, 0.2) is 18.3 Å². The zero-order valence-corrected chi connectivity index (χ0v) is 13.9. The van der Waals surface area contributed by atoms with Crippen LogP contribution in [-0.4, -0.2) is 59.7 Å². The molecule has 1 fully saturated rings. The normalized spacial score (nSPS) is 20.0. The molecule has 0 bridgehead atoms. The van der Waals surface area contributed by atoms with E-state index in [0.717, 1.165) is 36.5 Å². The van der Waals surface area contributed by atoms with E-state index in [0.29, 0.717) is 6.54 Å². The molecule has 0 N–H and O–H groups in total. The Bertz CT molecular complexity index is 786. The van der Waals surface area contributed by atoms with Crippen LogP contribution < -0.4 is 4.90 Å². The van der Waals surface area contributed by atoms with Crippen molar-refractivity contribution in [2.24, 2.45) is 7.05 Å². The summed E-state index contributed by atoms with van der Waals surface area (Å²) in [6.07, 6.45) is 4.83. The second-order valence-electron chi connectivity index (χ2n) is 5.84. The number of sulfonamides is 1. The van der Waals surface area contributed by atoms with Gasteiger partial charge in [0.05, 0.1) is 6.26 Å². The van der Waals surface area contributed by atoms with E-state index < -0.39 is 10.0 Å². The molecule has 0 amide bonds. The molecule has 0 radical (unpaired) electrons. The van der Waals surface area contributed by atoms with Gasteiger partial charge in [0.1, 0.15) is 5.52 Å². The van der Waals surface area contributed by atoms with E-state index >= 15 is 0 Å². The van der Waals surface area contributed by atoms with Crippen LogP contribution >= 0.6 is 0 Å². The van der Waals surface area contributed by atoms with Crippen LogP contribution in [0.1, 0.15) is 12.8 Å². The summed E-state index contributed by atoms with van der Waals surface area (Å²) in [5.74, 6) is 0.848. The van der Waals surface area contributed by atoms with Crippen LogP contribution in [-0.2, 0) is 17.1 Å². The quantitative estimate of drug-likeness (QED) is 0.836. The van der Waals surface area contributed by atoms with Crippen molar-refractivity contribution in [2.75, 3.05) is 31.3 Å². The molecular formula is C14H21N5O2S. The number of nitrogens with zero attached hydrogens (tertiary/aromatic N) is 5. The molecule has 1 aliphatic rings. The first-order valence-electron chi connectivity index (χ1n) is 7.33. The number of rotatable bonds is 3. The molecule has 120 valence electrons. The van der Waals surface area contributed by atoms with Crippen molar-refractivity contribution in [1.82, 2.24) is 18.8 Å². The number of imidazole rings is 1. The average Bonchev–Trinajstić information content (AvgIpc) is 2.83. The lowest BCUT2D eigenvalue weighted by Crippen LogP contribution is -2.48. The molecular weight excluding hydrogens is 302 g/mol. The molecule has 1 atom stereocenters. The molecule has 8 heteroatoms. The van der Waals surface area contributed by atoms with Gasteiger partial charge in [-0.1, -0.05) is 0 Å². The molecule has 2 aromatic heterocycles. The Morgan fingerprint density at radius 3 is 2.86 bits per heavy atom. The SMILES string of the molecule is CN(C1CCCN(c2nc3cccnc3n2C)C1)S(C)(=O)=O. The number of hydrogen-bond donors (Lipinski definition) is 0. The summed E-state index contributed by atoms with van der Waals surface area (Å²) in [5.41, 5.74) is 1.70. The van der Waals surface area contributed by atoms with Crippen molar-refractivity contribution in [1.29, 1.82) is 0 Å². The minimum atomic E-state index is -3.18. The summed E-state index contributed by atoms with van der Waals surface area (Å²) in [6, 6.07) is 3.79. The Kier molecular flexibility index (Phi) is 3.82. The number of aryl methyl sites for hydroxylation is 1. The summed E-state index contributed by atoms with van der Waals surface area (Å²) >= 11 is 0. The summed E-state index contributed by atoms with van der Waals surface area (Å²) in [5, 5.41) is 0. The van der Waals surface area contributed by atoms with Crippen molar-refractivity contribution in [2.45, 2.75) is 18.9 Å². The number of anilines is 1. The number of aromatic nitrogens is 3. The largest absolute Gasteiger partial charge is 0.341 e. The van der Waals surface area contributed by atoms with Crippen LogP contribution in [0.5, 0.6) is 0 Å². The molecule has 3 rings (SSSR count). The number of hydrogen-bond acceptors (Lipinski definition) is 5. The highest BCUT2D eigenvalue weighted by Gasteiger charge is 2.29. The van der Waals surface area contributed by atoms with Gasteiger partial charge in [-0.15, -0.1) is 0 Å². The molecule has 7 nitrogen and oxygen atoms in total. The van der Waals surface area contributed by atoms with E-state index in [1.165, 1.54) is 10.6 Å². The van der Waals surface area contributed by atoms with Crippen molar-refractivity contribution >= 4 is 27.1 Å². The van der Waals surface area contributed by atoms with E-state index in [9.17, 15) is 8.42 Å². The van der Waals surface area contributed by atoms with Gasteiger partial charge in [-0.25, -0.2) is 22.7 Å².